The van der Waals surface area contributed by atoms with E-state index in [1.165, 1.54) is 0 Å². The molecule has 0 saturated carbocycles. The van der Waals surface area contributed by atoms with Crippen molar-refractivity contribution in [1.82, 2.24) is 9.88 Å². The minimum Gasteiger partial charge on any atom is -0.401 e. The molecule has 0 aliphatic carbocycles. The zero-order valence-electron chi connectivity index (χ0n) is 15.0. The summed E-state index contributed by atoms with van der Waals surface area (Å²) in [4.78, 5) is 10.7. The number of hydrogen-bond acceptors (Lipinski definition) is 5. The molecule has 1 aromatic heterocycles. The molecule has 0 saturated heterocycles. The number of benzene rings is 1. The van der Waals surface area contributed by atoms with Gasteiger partial charge in [0.2, 0.25) is 0 Å². The summed E-state index contributed by atoms with van der Waals surface area (Å²) in [7, 11) is 3.73. The van der Waals surface area contributed by atoms with Crippen LogP contribution in [0.5, 0.6) is 0 Å². The fraction of sp³-hybridized carbons (Fsp3) is 0.368. The second-order valence-corrected chi connectivity index (χ2v) is 6.77. The summed E-state index contributed by atoms with van der Waals surface area (Å²) in [6.07, 6.45) is 1.77. The monoisotopic (exact) mass is 358 g/mol. The standard InChI is InChI=1S/C19H23ClN4O/c1-11(21)17(8-22-3)24(4)9-13-5-6-14-15-10-25-12(2)18(15)19(20)23-16(14)7-13/h5-8,12H,9-10,21H2,1-4H3/b17-11+,22-8?. The van der Waals surface area contributed by atoms with Crippen molar-refractivity contribution >= 4 is 28.7 Å². The van der Waals surface area contributed by atoms with Gasteiger partial charge < -0.3 is 15.4 Å². The van der Waals surface area contributed by atoms with Crippen molar-refractivity contribution < 1.29 is 4.74 Å². The molecule has 0 bridgehead atoms. The summed E-state index contributed by atoms with van der Waals surface area (Å²) in [5.74, 6) is 0. The van der Waals surface area contributed by atoms with Gasteiger partial charge in [-0.15, -0.1) is 0 Å². The van der Waals surface area contributed by atoms with Gasteiger partial charge in [-0.25, -0.2) is 4.98 Å². The van der Waals surface area contributed by atoms with Gasteiger partial charge >= 0.3 is 0 Å². The van der Waals surface area contributed by atoms with Crippen LogP contribution < -0.4 is 5.73 Å². The third kappa shape index (κ3) is 3.34. The fourth-order valence-corrected chi connectivity index (χ4v) is 3.66. The Hall–Kier alpha value is -2.11. The summed E-state index contributed by atoms with van der Waals surface area (Å²) in [5, 5.41) is 1.64. The Bertz CT molecular complexity index is 871. The van der Waals surface area contributed by atoms with Crippen LogP contribution in [0.25, 0.3) is 10.9 Å². The number of nitrogens with zero attached hydrogens (tertiary/aromatic N) is 3. The first-order valence-corrected chi connectivity index (χ1v) is 8.62. The highest BCUT2D eigenvalue weighted by Gasteiger charge is 2.25. The van der Waals surface area contributed by atoms with Gasteiger partial charge in [-0.1, -0.05) is 23.7 Å². The van der Waals surface area contributed by atoms with Gasteiger partial charge in [0.05, 0.1) is 23.9 Å². The van der Waals surface area contributed by atoms with Crippen LogP contribution in [0, 0.1) is 0 Å². The minimum absolute atomic E-state index is 0.00114. The minimum atomic E-state index is -0.00114. The quantitative estimate of drug-likeness (QED) is 0.667. The van der Waals surface area contributed by atoms with Crippen LogP contribution in [0.3, 0.4) is 0 Å². The third-order valence-electron chi connectivity index (χ3n) is 4.52. The van der Waals surface area contributed by atoms with E-state index in [1.807, 2.05) is 20.9 Å². The van der Waals surface area contributed by atoms with Crippen LogP contribution in [0.1, 0.15) is 36.6 Å². The molecular weight excluding hydrogens is 336 g/mol. The summed E-state index contributed by atoms with van der Waals surface area (Å²) < 4.78 is 5.72. The number of aliphatic imine (C=N–C) groups is 1. The van der Waals surface area contributed by atoms with Crippen LogP contribution in [-0.2, 0) is 17.9 Å². The summed E-state index contributed by atoms with van der Waals surface area (Å²) in [6, 6.07) is 6.30. The van der Waals surface area contributed by atoms with Crippen molar-refractivity contribution in [2.45, 2.75) is 33.1 Å². The molecule has 0 amide bonds. The molecule has 1 aliphatic heterocycles. The van der Waals surface area contributed by atoms with E-state index in [2.05, 4.69) is 33.1 Å². The molecule has 132 valence electrons. The second kappa shape index (κ2) is 7.02. The van der Waals surface area contributed by atoms with Crippen molar-refractivity contribution in [3.8, 4) is 0 Å². The maximum absolute atomic E-state index is 6.39. The molecule has 2 heterocycles. The zero-order valence-corrected chi connectivity index (χ0v) is 15.8. The van der Waals surface area contributed by atoms with E-state index in [1.54, 1.807) is 13.3 Å². The van der Waals surface area contributed by atoms with Crippen LogP contribution >= 0.6 is 11.6 Å². The Balaban J connectivity index is 1.96. The van der Waals surface area contributed by atoms with E-state index in [0.29, 0.717) is 18.3 Å². The van der Waals surface area contributed by atoms with Gasteiger partial charge in [0.25, 0.3) is 0 Å². The maximum Gasteiger partial charge on any atom is 0.135 e. The number of ether oxygens (including phenoxy) is 1. The molecule has 0 spiro atoms. The Morgan fingerprint density at radius 3 is 2.96 bits per heavy atom. The number of fused-ring (bicyclic) bond motifs is 3. The molecule has 1 aliphatic rings. The lowest BCUT2D eigenvalue weighted by molar-refractivity contribution is 0.0799. The van der Waals surface area contributed by atoms with Crippen LogP contribution in [0.2, 0.25) is 5.15 Å². The normalized spacial score (nSPS) is 17.9. The summed E-state index contributed by atoms with van der Waals surface area (Å²) >= 11 is 6.39. The average Bonchev–Trinajstić information content (AvgIpc) is 2.94. The number of rotatable bonds is 4. The Labute approximate surface area is 153 Å². The van der Waals surface area contributed by atoms with Gasteiger partial charge in [0.15, 0.2) is 0 Å². The molecule has 1 aromatic carbocycles. The average molecular weight is 359 g/mol. The molecule has 6 heteroatoms. The highest BCUT2D eigenvalue weighted by Crippen LogP contribution is 2.38. The van der Waals surface area contributed by atoms with E-state index in [4.69, 9.17) is 22.1 Å². The van der Waals surface area contributed by atoms with Crippen molar-refractivity contribution in [1.29, 1.82) is 0 Å². The highest BCUT2D eigenvalue weighted by atomic mass is 35.5. The highest BCUT2D eigenvalue weighted by molar-refractivity contribution is 6.30. The lowest BCUT2D eigenvalue weighted by atomic mass is 10.0. The number of nitrogens with two attached hydrogens (primary N) is 1. The molecular formula is C19H23ClN4O. The van der Waals surface area contributed by atoms with Crippen molar-refractivity contribution in [2.75, 3.05) is 14.1 Å². The van der Waals surface area contributed by atoms with E-state index in [0.717, 1.165) is 39.0 Å². The van der Waals surface area contributed by atoms with Crippen molar-refractivity contribution in [3.63, 3.8) is 0 Å². The predicted octanol–water partition coefficient (Wildman–Crippen LogP) is 3.80. The van der Waals surface area contributed by atoms with Crippen molar-refractivity contribution in [2.24, 2.45) is 10.7 Å². The van der Waals surface area contributed by atoms with Crippen LogP contribution in [0.15, 0.2) is 34.6 Å². The Morgan fingerprint density at radius 2 is 2.28 bits per heavy atom. The molecule has 3 rings (SSSR count). The Morgan fingerprint density at radius 1 is 1.52 bits per heavy atom. The fourth-order valence-electron chi connectivity index (χ4n) is 3.30. The molecule has 2 aromatic rings. The largest absolute Gasteiger partial charge is 0.401 e. The first-order chi connectivity index (χ1) is 11.9. The van der Waals surface area contributed by atoms with E-state index in [-0.39, 0.29) is 6.10 Å². The van der Waals surface area contributed by atoms with E-state index >= 15 is 0 Å². The number of aromatic nitrogens is 1. The van der Waals surface area contributed by atoms with E-state index < -0.39 is 0 Å². The molecule has 0 fully saturated rings. The first kappa shape index (κ1) is 17.7. The molecule has 0 radical (unpaired) electrons. The molecule has 2 N–H and O–H groups in total. The molecule has 25 heavy (non-hydrogen) atoms. The number of hydrogen-bond donors (Lipinski definition) is 1. The van der Waals surface area contributed by atoms with Crippen LogP contribution in [0.4, 0.5) is 0 Å². The first-order valence-electron chi connectivity index (χ1n) is 8.24. The van der Waals surface area contributed by atoms with Crippen LogP contribution in [-0.4, -0.2) is 30.2 Å². The smallest absolute Gasteiger partial charge is 0.135 e. The zero-order chi connectivity index (χ0) is 18.1. The summed E-state index contributed by atoms with van der Waals surface area (Å²) in [6.45, 7) is 5.17. The Kier molecular flexibility index (Phi) is 4.97. The number of allylic oxidation sites excluding steroid dienone is 2. The maximum atomic E-state index is 6.39. The summed E-state index contributed by atoms with van der Waals surface area (Å²) in [5.41, 5.74) is 11.8. The van der Waals surface area contributed by atoms with Gasteiger partial charge in [-0.3, -0.25) is 4.99 Å². The second-order valence-electron chi connectivity index (χ2n) is 6.41. The lowest BCUT2D eigenvalue weighted by Gasteiger charge is -2.21. The molecule has 5 nitrogen and oxygen atoms in total. The number of pyridine rings is 1. The number of halogens is 1. The molecule has 1 atom stereocenters. The van der Waals surface area contributed by atoms with Gasteiger partial charge in [0, 0.05) is 43.5 Å². The van der Waals surface area contributed by atoms with Crippen molar-refractivity contribution in [3.05, 3.63) is 51.4 Å². The third-order valence-corrected chi connectivity index (χ3v) is 4.81. The van der Waals surface area contributed by atoms with Gasteiger partial charge in [-0.2, -0.15) is 0 Å². The topological polar surface area (TPSA) is 63.7 Å². The molecule has 1 unspecified atom stereocenters. The van der Waals surface area contributed by atoms with E-state index in [9.17, 15) is 0 Å². The van der Waals surface area contributed by atoms with Gasteiger partial charge in [-0.05, 0) is 31.0 Å². The lowest BCUT2D eigenvalue weighted by Crippen LogP contribution is -2.21. The predicted molar refractivity (Wildman–Crippen MR) is 103 cm³/mol. The SMILES string of the molecule is CN=C/C(=C(/C)N)N(C)Cc1ccc2c3c(c(Cl)nc2c1)C(C)OC3. The van der Waals surface area contributed by atoms with Gasteiger partial charge in [0.1, 0.15) is 5.15 Å².